The molecule has 0 aromatic heterocycles. The van der Waals surface area contributed by atoms with Gasteiger partial charge < -0.3 is 24.1 Å². The molecule has 25 heavy (non-hydrogen) atoms. The fraction of sp³-hybridized carbons (Fsp3) is 0.947. The van der Waals surface area contributed by atoms with Crippen LogP contribution >= 0.6 is 0 Å². The zero-order chi connectivity index (χ0) is 17.2. The van der Waals surface area contributed by atoms with Crippen molar-refractivity contribution in [1.82, 2.24) is 0 Å². The third kappa shape index (κ3) is 4.02. The predicted octanol–water partition coefficient (Wildman–Crippen LogP) is 2.94. The van der Waals surface area contributed by atoms with Gasteiger partial charge in [-0.25, -0.2) is 0 Å². The molecule has 0 spiro atoms. The van der Waals surface area contributed by atoms with Crippen molar-refractivity contribution in [2.75, 3.05) is 13.2 Å². The average molecular weight is 354 g/mol. The van der Waals surface area contributed by atoms with Crippen LogP contribution < -0.4 is 0 Å². The van der Waals surface area contributed by atoms with Crippen LogP contribution in [0, 0.1) is 17.8 Å². The van der Waals surface area contributed by atoms with E-state index in [1.807, 2.05) is 0 Å². The fourth-order valence-corrected chi connectivity index (χ4v) is 4.81. The second-order valence-corrected chi connectivity index (χ2v) is 8.10. The van der Waals surface area contributed by atoms with Crippen LogP contribution in [0.2, 0.25) is 0 Å². The van der Waals surface area contributed by atoms with Crippen molar-refractivity contribution in [3.63, 3.8) is 0 Å². The van der Waals surface area contributed by atoms with Gasteiger partial charge in [0.2, 0.25) is 0 Å². The Morgan fingerprint density at radius 1 is 0.720 bits per heavy atom. The topological polar surface area (TPSA) is 74.2 Å². The van der Waals surface area contributed by atoms with Gasteiger partial charge in [0.15, 0.2) is 12.6 Å². The van der Waals surface area contributed by atoms with Crippen molar-refractivity contribution in [3.8, 4) is 0 Å². The second kappa shape index (κ2) is 7.91. The molecular weight excluding hydrogens is 324 g/mol. The van der Waals surface area contributed by atoms with Gasteiger partial charge >= 0.3 is 5.97 Å². The molecule has 4 rings (SSSR count). The highest BCUT2D eigenvalue weighted by Crippen LogP contribution is 2.37. The summed E-state index contributed by atoms with van der Waals surface area (Å²) in [5.41, 5.74) is 0. The Morgan fingerprint density at radius 3 is 1.76 bits per heavy atom. The summed E-state index contributed by atoms with van der Waals surface area (Å²) in [6.07, 6.45) is 8.96. The molecule has 4 aliphatic rings. The van der Waals surface area contributed by atoms with Crippen LogP contribution in [0.4, 0.5) is 0 Å². The number of ether oxygens (including phenoxy) is 4. The van der Waals surface area contributed by atoms with E-state index >= 15 is 0 Å². The first-order valence-electron chi connectivity index (χ1n) is 9.97. The zero-order valence-corrected chi connectivity index (χ0v) is 14.8. The molecule has 2 heterocycles. The van der Waals surface area contributed by atoms with Crippen LogP contribution in [0.1, 0.15) is 57.8 Å². The number of carbonyl (C=O) groups is 1. The molecule has 4 unspecified atom stereocenters. The van der Waals surface area contributed by atoms with Crippen LogP contribution in [-0.4, -0.2) is 49.1 Å². The van der Waals surface area contributed by atoms with Crippen LogP contribution in [-0.2, 0) is 23.7 Å². The molecule has 0 aromatic carbocycles. The van der Waals surface area contributed by atoms with Gasteiger partial charge in [-0.15, -0.1) is 0 Å². The molecule has 0 radical (unpaired) electrons. The highest BCUT2D eigenvalue weighted by molar-refractivity contribution is 5.69. The smallest absolute Gasteiger partial charge is 0.306 e. The van der Waals surface area contributed by atoms with E-state index in [0.29, 0.717) is 32.0 Å². The number of hydrogen-bond donors (Lipinski definition) is 1. The molecule has 2 saturated carbocycles. The van der Waals surface area contributed by atoms with Crippen LogP contribution in [0.25, 0.3) is 0 Å². The van der Waals surface area contributed by atoms with E-state index in [4.69, 9.17) is 24.1 Å². The fourth-order valence-electron chi connectivity index (χ4n) is 4.81. The lowest BCUT2D eigenvalue weighted by atomic mass is 9.81. The average Bonchev–Trinajstić information content (AvgIpc) is 2.68. The minimum Gasteiger partial charge on any atom is -0.481 e. The first-order valence-corrected chi connectivity index (χ1v) is 9.97. The van der Waals surface area contributed by atoms with E-state index < -0.39 is 5.97 Å². The van der Waals surface area contributed by atoms with Crippen molar-refractivity contribution in [2.45, 2.75) is 82.6 Å². The number of carboxylic acid groups (broad SMARTS) is 1. The van der Waals surface area contributed by atoms with Crippen molar-refractivity contribution in [3.05, 3.63) is 0 Å². The summed E-state index contributed by atoms with van der Waals surface area (Å²) in [4.78, 5) is 11.1. The van der Waals surface area contributed by atoms with E-state index in [1.54, 1.807) is 0 Å². The first kappa shape index (κ1) is 17.7. The van der Waals surface area contributed by atoms with Gasteiger partial charge in [-0.1, -0.05) is 19.3 Å². The maximum absolute atomic E-state index is 11.1. The Hall–Kier alpha value is -0.690. The Morgan fingerprint density at radius 2 is 1.24 bits per heavy atom. The van der Waals surface area contributed by atoms with Gasteiger partial charge in [-0.2, -0.15) is 0 Å². The number of aliphatic carboxylic acids is 1. The van der Waals surface area contributed by atoms with Crippen molar-refractivity contribution < 1.29 is 28.8 Å². The number of carboxylic acids is 1. The van der Waals surface area contributed by atoms with E-state index in [9.17, 15) is 4.79 Å². The van der Waals surface area contributed by atoms with Crippen LogP contribution in [0.5, 0.6) is 0 Å². The molecule has 2 saturated heterocycles. The second-order valence-electron chi connectivity index (χ2n) is 8.10. The molecule has 4 atom stereocenters. The maximum Gasteiger partial charge on any atom is 0.306 e. The Labute approximate surface area is 149 Å². The zero-order valence-electron chi connectivity index (χ0n) is 14.8. The van der Waals surface area contributed by atoms with Gasteiger partial charge in [0, 0.05) is 11.8 Å². The summed E-state index contributed by atoms with van der Waals surface area (Å²) in [5, 5.41) is 9.13. The Balaban J connectivity index is 1.26. The minimum absolute atomic E-state index is 0.0349. The van der Waals surface area contributed by atoms with Crippen molar-refractivity contribution in [2.24, 2.45) is 17.8 Å². The monoisotopic (exact) mass is 354 g/mol. The minimum atomic E-state index is -0.674. The largest absolute Gasteiger partial charge is 0.481 e. The molecular formula is C19H30O6. The highest BCUT2D eigenvalue weighted by Gasteiger charge is 2.43. The van der Waals surface area contributed by atoms with Gasteiger partial charge in [0.25, 0.3) is 0 Å². The summed E-state index contributed by atoms with van der Waals surface area (Å²) in [6, 6.07) is 0. The Kier molecular flexibility index (Phi) is 5.60. The van der Waals surface area contributed by atoms with Gasteiger partial charge in [0.1, 0.15) is 12.2 Å². The lowest BCUT2D eigenvalue weighted by molar-refractivity contribution is -0.354. The summed E-state index contributed by atoms with van der Waals surface area (Å²) in [7, 11) is 0. The number of hydrogen-bond acceptors (Lipinski definition) is 5. The molecule has 2 aliphatic carbocycles. The molecule has 4 fully saturated rings. The molecule has 6 heteroatoms. The lowest BCUT2D eigenvalue weighted by Crippen LogP contribution is -2.55. The normalized spacial score (nSPS) is 43.4. The van der Waals surface area contributed by atoms with E-state index in [2.05, 4.69) is 0 Å². The summed E-state index contributed by atoms with van der Waals surface area (Å²) < 4.78 is 24.3. The predicted molar refractivity (Wildman–Crippen MR) is 88.9 cm³/mol. The van der Waals surface area contributed by atoms with E-state index in [1.165, 1.54) is 32.1 Å². The van der Waals surface area contributed by atoms with Crippen LogP contribution in [0.15, 0.2) is 0 Å². The summed E-state index contributed by atoms with van der Waals surface area (Å²) >= 11 is 0. The first-order chi connectivity index (χ1) is 12.2. The number of fused-ring (bicyclic) bond motifs is 1. The highest BCUT2D eigenvalue weighted by atomic mass is 16.8. The van der Waals surface area contributed by atoms with Crippen molar-refractivity contribution in [1.29, 1.82) is 0 Å². The van der Waals surface area contributed by atoms with E-state index in [-0.39, 0.29) is 36.6 Å². The summed E-state index contributed by atoms with van der Waals surface area (Å²) in [6.45, 7) is 1.14. The maximum atomic E-state index is 11.1. The molecule has 2 aliphatic heterocycles. The number of rotatable bonds is 3. The molecule has 1 N–H and O–H groups in total. The van der Waals surface area contributed by atoms with E-state index in [0.717, 1.165) is 12.8 Å². The molecule has 6 nitrogen and oxygen atoms in total. The molecule has 0 amide bonds. The standard InChI is InChI=1S/C19H30O6/c20-17(21)12-6-8-14(9-7-12)19-23-11-15-16(25-19)10-22-18(24-15)13-4-2-1-3-5-13/h12-16,18-19H,1-11H2,(H,20,21). The van der Waals surface area contributed by atoms with Crippen LogP contribution in [0.3, 0.4) is 0 Å². The van der Waals surface area contributed by atoms with Gasteiger partial charge in [-0.05, 0) is 38.5 Å². The van der Waals surface area contributed by atoms with Crippen molar-refractivity contribution >= 4 is 5.97 Å². The molecule has 142 valence electrons. The van der Waals surface area contributed by atoms with Gasteiger partial charge in [0.05, 0.1) is 19.1 Å². The molecule has 0 aromatic rings. The lowest BCUT2D eigenvalue weighted by Gasteiger charge is -2.46. The Bertz CT molecular complexity index is 455. The summed E-state index contributed by atoms with van der Waals surface area (Å²) in [5.74, 6) is -0.0802. The third-order valence-electron chi connectivity index (χ3n) is 6.42. The van der Waals surface area contributed by atoms with Gasteiger partial charge in [-0.3, -0.25) is 4.79 Å². The quantitative estimate of drug-likeness (QED) is 0.840. The molecule has 0 bridgehead atoms. The third-order valence-corrected chi connectivity index (χ3v) is 6.42. The SMILES string of the molecule is O=C(O)C1CCC(C2OCC3OC(C4CCCCC4)OCC3O2)CC1.